The molecular weight excluding hydrogens is 466 g/mol. The molecule has 35 heavy (non-hydrogen) atoms. The van der Waals surface area contributed by atoms with E-state index < -0.39 is 5.91 Å². The number of anilines is 2. The van der Waals surface area contributed by atoms with E-state index in [2.05, 4.69) is 10.6 Å². The summed E-state index contributed by atoms with van der Waals surface area (Å²) in [6.07, 6.45) is 1.42. The number of ether oxygens (including phenoxy) is 2. The van der Waals surface area contributed by atoms with Crippen molar-refractivity contribution in [2.24, 2.45) is 0 Å². The van der Waals surface area contributed by atoms with Crippen LogP contribution >= 0.6 is 11.6 Å². The summed E-state index contributed by atoms with van der Waals surface area (Å²) in [5.74, 6) is 0.110. The fourth-order valence-corrected chi connectivity index (χ4v) is 3.26. The van der Waals surface area contributed by atoms with E-state index in [1.165, 1.54) is 6.08 Å². The lowest BCUT2D eigenvalue weighted by Gasteiger charge is -2.10. The van der Waals surface area contributed by atoms with Gasteiger partial charge in [0.1, 0.15) is 23.1 Å². The van der Waals surface area contributed by atoms with Crippen LogP contribution in [0.25, 0.3) is 6.08 Å². The summed E-state index contributed by atoms with van der Waals surface area (Å²) in [5, 5.41) is 15.1. The summed E-state index contributed by atoms with van der Waals surface area (Å²) < 4.78 is 10.9. The van der Waals surface area contributed by atoms with Crippen molar-refractivity contribution < 1.29 is 19.1 Å². The third kappa shape index (κ3) is 7.63. The quantitative estimate of drug-likeness (QED) is 0.300. The van der Waals surface area contributed by atoms with E-state index in [9.17, 15) is 14.9 Å². The number of nitriles is 1. The maximum atomic E-state index is 12.5. The standard InChI is InChI=1S/C27H24ClN3O4/c1-3-34-23-11-9-22(10-12-23)31-27(33)20(16-29)14-19-6-13-25(24(28)15-19)35-17-26(32)30-21-7-4-18(2)5-8-21/h4-15H,3,17H2,1-2H3,(H,30,32)(H,31,33)/b20-14+. The average molecular weight is 490 g/mol. The molecule has 2 N–H and O–H groups in total. The topological polar surface area (TPSA) is 100 Å². The van der Waals surface area contributed by atoms with Gasteiger partial charge in [0.15, 0.2) is 6.61 Å². The molecule has 2 amide bonds. The molecule has 178 valence electrons. The fourth-order valence-electron chi connectivity index (χ4n) is 3.02. The normalized spacial score (nSPS) is 10.7. The average Bonchev–Trinajstić information content (AvgIpc) is 2.84. The molecule has 0 heterocycles. The number of rotatable bonds is 9. The molecular formula is C27H24ClN3O4. The van der Waals surface area contributed by atoms with Crippen molar-refractivity contribution in [3.05, 3.63) is 88.5 Å². The lowest BCUT2D eigenvalue weighted by molar-refractivity contribution is -0.118. The Bertz CT molecular complexity index is 1260. The van der Waals surface area contributed by atoms with Gasteiger partial charge in [-0.05, 0) is 74.0 Å². The van der Waals surface area contributed by atoms with Gasteiger partial charge in [-0.3, -0.25) is 9.59 Å². The summed E-state index contributed by atoms with van der Waals surface area (Å²) in [5.41, 5.74) is 2.73. The fraction of sp³-hybridized carbons (Fsp3) is 0.148. The molecule has 8 heteroatoms. The van der Waals surface area contributed by atoms with Crippen LogP contribution in [0, 0.1) is 18.3 Å². The van der Waals surface area contributed by atoms with Crippen LogP contribution in [0.4, 0.5) is 11.4 Å². The van der Waals surface area contributed by atoms with Crippen molar-refractivity contribution in [3.63, 3.8) is 0 Å². The maximum Gasteiger partial charge on any atom is 0.266 e. The van der Waals surface area contributed by atoms with Crippen molar-refractivity contribution in [3.8, 4) is 17.6 Å². The number of nitrogens with one attached hydrogen (secondary N) is 2. The Labute approximate surface area is 208 Å². The van der Waals surface area contributed by atoms with E-state index in [1.54, 1.807) is 54.6 Å². The minimum absolute atomic E-state index is 0.0962. The first-order valence-electron chi connectivity index (χ1n) is 10.8. The molecule has 0 atom stereocenters. The molecule has 0 aliphatic rings. The van der Waals surface area contributed by atoms with Gasteiger partial charge in [0.2, 0.25) is 0 Å². The molecule has 3 rings (SSSR count). The monoisotopic (exact) mass is 489 g/mol. The van der Waals surface area contributed by atoms with Crippen LogP contribution in [0.3, 0.4) is 0 Å². The summed E-state index contributed by atoms with van der Waals surface area (Å²) in [6, 6.07) is 20.9. The summed E-state index contributed by atoms with van der Waals surface area (Å²) in [6.45, 7) is 4.16. The second-order valence-electron chi connectivity index (χ2n) is 7.47. The van der Waals surface area contributed by atoms with Crippen molar-refractivity contribution >= 4 is 40.9 Å². The number of hydrogen-bond donors (Lipinski definition) is 2. The van der Waals surface area contributed by atoms with Crippen molar-refractivity contribution in [2.75, 3.05) is 23.8 Å². The Balaban J connectivity index is 1.60. The first kappa shape index (κ1) is 25.3. The number of carbonyl (C=O) groups excluding carboxylic acids is 2. The number of amides is 2. The van der Waals surface area contributed by atoms with Gasteiger partial charge in [-0.1, -0.05) is 35.4 Å². The lowest BCUT2D eigenvalue weighted by Crippen LogP contribution is -2.20. The molecule has 3 aromatic rings. The molecule has 0 unspecified atom stereocenters. The van der Waals surface area contributed by atoms with Gasteiger partial charge in [-0.15, -0.1) is 0 Å². The molecule has 0 aliphatic carbocycles. The molecule has 0 aromatic heterocycles. The van der Waals surface area contributed by atoms with Gasteiger partial charge in [-0.25, -0.2) is 0 Å². The van der Waals surface area contributed by atoms with Crippen LogP contribution in [0.1, 0.15) is 18.1 Å². The summed E-state index contributed by atoms with van der Waals surface area (Å²) >= 11 is 6.29. The first-order valence-corrected chi connectivity index (χ1v) is 11.2. The third-order valence-corrected chi connectivity index (χ3v) is 5.04. The number of hydrogen-bond acceptors (Lipinski definition) is 5. The summed E-state index contributed by atoms with van der Waals surface area (Å²) in [7, 11) is 0. The zero-order valence-corrected chi connectivity index (χ0v) is 20.1. The number of halogens is 1. The van der Waals surface area contributed by atoms with Crippen LogP contribution in [0.15, 0.2) is 72.3 Å². The minimum atomic E-state index is -0.555. The van der Waals surface area contributed by atoms with Crippen LogP contribution in [0.2, 0.25) is 5.02 Å². The predicted octanol–water partition coefficient (Wildman–Crippen LogP) is 5.61. The number of benzene rings is 3. The van der Waals surface area contributed by atoms with Gasteiger partial charge in [0, 0.05) is 11.4 Å². The second kappa shape index (κ2) is 12.3. The van der Waals surface area contributed by atoms with Gasteiger partial charge in [0.05, 0.1) is 11.6 Å². The van der Waals surface area contributed by atoms with E-state index in [1.807, 2.05) is 32.0 Å². The largest absolute Gasteiger partial charge is 0.494 e. The van der Waals surface area contributed by atoms with Crippen LogP contribution in [-0.2, 0) is 9.59 Å². The van der Waals surface area contributed by atoms with Crippen molar-refractivity contribution in [1.29, 1.82) is 5.26 Å². The minimum Gasteiger partial charge on any atom is -0.494 e. The Kier molecular flexibility index (Phi) is 8.88. The highest BCUT2D eigenvalue weighted by atomic mass is 35.5. The number of nitrogens with zero attached hydrogens (tertiary/aromatic N) is 1. The van der Waals surface area contributed by atoms with E-state index >= 15 is 0 Å². The van der Waals surface area contributed by atoms with Gasteiger partial charge < -0.3 is 20.1 Å². The number of carbonyl (C=O) groups is 2. The van der Waals surface area contributed by atoms with Gasteiger partial charge in [0.25, 0.3) is 11.8 Å². The molecule has 0 bridgehead atoms. The highest BCUT2D eigenvalue weighted by Crippen LogP contribution is 2.27. The SMILES string of the molecule is CCOc1ccc(NC(=O)/C(C#N)=C/c2ccc(OCC(=O)Nc3ccc(C)cc3)c(Cl)c2)cc1. The molecule has 0 aliphatic heterocycles. The zero-order chi connectivity index (χ0) is 25.2. The van der Waals surface area contributed by atoms with Crippen molar-refractivity contribution in [1.82, 2.24) is 0 Å². The molecule has 0 fully saturated rings. The van der Waals surface area contributed by atoms with E-state index in [0.29, 0.717) is 35.0 Å². The zero-order valence-electron chi connectivity index (χ0n) is 19.3. The van der Waals surface area contributed by atoms with Crippen LogP contribution < -0.4 is 20.1 Å². The molecule has 7 nitrogen and oxygen atoms in total. The molecule has 3 aromatic carbocycles. The molecule has 0 radical (unpaired) electrons. The summed E-state index contributed by atoms with van der Waals surface area (Å²) in [4.78, 5) is 24.7. The van der Waals surface area contributed by atoms with Crippen LogP contribution in [-0.4, -0.2) is 25.0 Å². The highest BCUT2D eigenvalue weighted by molar-refractivity contribution is 6.32. The van der Waals surface area contributed by atoms with Crippen molar-refractivity contribution in [2.45, 2.75) is 13.8 Å². The molecule has 0 saturated heterocycles. The van der Waals surface area contributed by atoms with Crippen LogP contribution in [0.5, 0.6) is 11.5 Å². The lowest BCUT2D eigenvalue weighted by atomic mass is 10.1. The third-order valence-electron chi connectivity index (χ3n) is 4.75. The Morgan fingerprint density at radius 1 is 0.971 bits per heavy atom. The second-order valence-corrected chi connectivity index (χ2v) is 7.88. The number of aryl methyl sites for hydroxylation is 1. The van der Waals surface area contributed by atoms with E-state index in [4.69, 9.17) is 21.1 Å². The smallest absolute Gasteiger partial charge is 0.266 e. The van der Waals surface area contributed by atoms with E-state index in [-0.39, 0.29) is 23.1 Å². The first-order chi connectivity index (χ1) is 16.9. The van der Waals surface area contributed by atoms with Gasteiger partial charge >= 0.3 is 0 Å². The highest BCUT2D eigenvalue weighted by Gasteiger charge is 2.12. The van der Waals surface area contributed by atoms with Gasteiger partial charge in [-0.2, -0.15) is 5.26 Å². The molecule has 0 saturated carbocycles. The Morgan fingerprint density at radius 3 is 2.26 bits per heavy atom. The predicted molar refractivity (Wildman–Crippen MR) is 137 cm³/mol. The maximum absolute atomic E-state index is 12.5. The Morgan fingerprint density at radius 2 is 1.63 bits per heavy atom. The molecule has 0 spiro atoms. The van der Waals surface area contributed by atoms with E-state index in [0.717, 1.165) is 5.56 Å². The Hall–Kier alpha value is -4.28.